The Morgan fingerprint density at radius 1 is 1.12 bits per heavy atom. The maximum absolute atomic E-state index is 12.8. The molecule has 0 bridgehead atoms. The summed E-state index contributed by atoms with van der Waals surface area (Å²) in [6.07, 6.45) is -0.390. The van der Waals surface area contributed by atoms with Gasteiger partial charge in [-0.15, -0.1) is 0 Å². The number of carbonyl (C=O) groups excluding carboxylic acids is 2. The van der Waals surface area contributed by atoms with Crippen molar-refractivity contribution >= 4 is 18.0 Å². The highest BCUT2D eigenvalue weighted by atomic mass is 16.5. The number of carboxylic acids is 1. The smallest absolute Gasteiger partial charge is 0.407 e. The molecule has 2 aromatic carbocycles. The molecule has 1 fully saturated rings. The van der Waals surface area contributed by atoms with E-state index >= 15 is 0 Å². The number of hydrogen-bond donors (Lipinski definition) is 3. The van der Waals surface area contributed by atoms with E-state index in [4.69, 9.17) is 9.47 Å². The van der Waals surface area contributed by atoms with Crippen molar-refractivity contribution in [3.05, 3.63) is 59.7 Å². The third kappa shape index (κ3) is 4.30. The van der Waals surface area contributed by atoms with Crippen molar-refractivity contribution in [2.75, 3.05) is 19.8 Å². The molecule has 8 heteroatoms. The van der Waals surface area contributed by atoms with Crippen molar-refractivity contribution in [1.29, 1.82) is 0 Å². The first-order valence-corrected chi connectivity index (χ1v) is 11.1. The van der Waals surface area contributed by atoms with Crippen LogP contribution in [-0.4, -0.2) is 55.0 Å². The Balaban J connectivity index is 1.41. The zero-order chi connectivity index (χ0) is 23.6. The lowest BCUT2D eigenvalue weighted by atomic mass is 9.84. The van der Waals surface area contributed by atoms with Gasteiger partial charge in [0.2, 0.25) is 5.91 Å². The van der Waals surface area contributed by atoms with Gasteiger partial charge >= 0.3 is 12.1 Å². The molecule has 2 aliphatic rings. The van der Waals surface area contributed by atoms with E-state index in [1.165, 1.54) is 0 Å². The maximum Gasteiger partial charge on any atom is 0.407 e. The normalized spacial score (nSPS) is 22.2. The Labute approximate surface area is 192 Å². The van der Waals surface area contributed by atoms with E-state index in [0.29, 0.717) is 0 Å². The van der Waals surface area contributed by atoms with Crippen molar-refractivity contribution in [3.63, 3.8) is 0 Å². The Bertz CT molecular complexity index is 1020. The highest BCUT2D eigenvalue weighted by Gasteiger charge is 2.48. The van der Waals surface area contributed by atoms with Crippen molar-refractivity contribution in [2.45, 2.75) is 38.3 Å². The maximum atomic E-state index is 12.8. The standard InChI is InChI=1S/C25H28N2O6/c1-3-20(22(28)29)26-23(30)25(2)14-32-13-21(25)27-24(31)33-12-19-17-10-6-4-8-15(17)16-9-5-7-11-18(16)19/h4-11,19-21H,3,12-14H2,1-2H3,(H,26,30)(H,27,31)(H,28,29)/t20-,21?,25?/m1/s1. The molecular formula is C25H28N2O6. The summed E-state index contributed by atoms with van der Waals surface area (Å²) in [4.78, 5) is 36.8. The van der Waals surface area contributed by atoms with Gasteiger partial charge in [0.1, 0.15) is 12.6 Å². The van der Waals surface area contributed by atoms with Crippen LogP contribution in [0.3, 0.4) is 0 Å². The van der Waals surface area contributed by atoms with Crippen LogP contribution in [0.4, 0.5) is 4.79 Å². The number of aliphatic carboxylic acids is 1. The monoisotopic (exact) mass is 452 g/mol. The molecule has 1 aliphatic carbocycles. The van der Waals surface area contributed by atoms with E-state index in [9.17, 15) is 19.5 Å². The summed E-state index contributed by atoms with van der Waals surface area (Å²) in [5.74, 6) is -1.65. The average Bonchev–Trinajstić information content (AvgIpc) is 3.34. The summed E-state index contributed by atoms with van der Waals surface area (Å²) in [6.45, 7) is 3.70. The Kier molecular flexibility index (Phi) is 6.37. The molecule has 0 spiro atoms. The largest absolute Gasteiger partial charge is 0.480 e. The minimum Gasteiger partial charge on any atom is -0.480 e. The molecule has 2 aromatic rings. The lowest BCUT2D eigenvalue weighted by Crippen LogP contribution is -2.56. The molecule has 8 nitrogen and oxygen atoms in total. The van der Waals surface area contributed by atoms with Crippen LogP contribution in [0.2, 0.25) is 0 Å². The number of rotatable bonds is 7. The van der Waals surface area contributed by atoms with E-state index < -0.39 is 35.5 Å². The minimum absolute atomic E-state index is 0.0708. The van der Waals surface area contributed by atoms with Crippen LogP contribution in [0.15, 0.2) is 48.5 Å². The molecule has 0 saturated carbocycles. The van der Waals surface area contributed by atoms with Crippen LogP contribution >= 0.6 is 0 Å². The number of nitrogens with one attached hydrogen (secondary N) is 2. The fraction of sp³-hybridized carbons (Fsp3) is 0.400. The van der Waals surface area contributed by atoms with Crippen molar-refractivity contribution in [3.8, 4) is 11.1 Å². The minimum atomic E-state index is -1.10. The number of alkyl carbamates (subject to hydrolysis) is 1. The van der Waals surface area contributed by atoms with E-state index in [-0.39, 0.29) is 32.2 Å². The van der Waals surface area contributed by atoms with E-state index in [1.54, 1.807) is 13.8 Å². The summed E-state index contributed by atoms with van der Waals surface area (Å²) in [6, 6.07) is 14.5. The van der Waals surface area contributed by atoms with Gasteiger partial charge < -0.3 is 25.2 Å². The molecule has 33 heavy (non-hydrogen) atoms. The number of benzene rings is 2. The molecule has 4 rings (SSSR count). The Morgan fingerprint density at radius 3 is 2.30 bits per heavy atom. The van der Waals surface area contributed by atoms with Crippen LogP contribution in [-0.2, 0) is 19.1 Å². The molecule has 3 atom stereocenters. The van der Waals surface area contributed by atoms with Crippen LogP contribution in [0.5, 0.6) is 0 Å². The van der Waals surface area contributed by atoms with Gasteiger partial charge in [-0.05, 0) is 35.6 Å². The average molecular weight is 453 g/mol. The summed E-state index contributed by atoms with van der Waals surface area (Å²) >= 11 is 0. The fourth-order valence-electron chi connectivity index (χ4n) is 4.54. The van der Waals surface area contributed by atoms with Crippen molar-refractivity contribution < 1.29 is 29.0 Å². The fourth-order valence-corrected chi connectivity index (χ4v) is 4.54. The van der Waals surface area contributed by atoms with Crippen molar-refractivity contribution in [1.82, 2.24) is 10.6 Å². The van der Waals surface area contributed by atoms with Gasteiger partial charge in [-0.2, -0.15) is 0 Å². The summed E-state index contributed by atoms with van der Waals surface area (Å²) in [5, 5.41) is 14.5. The topological polar surface area (TPSA) is 114 Å². The van der Waals surface area contributed by atoms with E-state index in [2.05, 4.69) is 22.8 Å². The van der Waals surface area contributed by atoms with Gasteiger partial charge in [0, 0.05) is 5.92 Å². The molecule has 0 aromatic heterocycles. The van der Waals surface area contributed by atoms with Crippen LogP contribution in [0, 0.1) is 5.41 Å². The van der Waals surface area contributed by atoms with Crippen LogP contribution in [0.1, 0.15) is 37.3 Å². The van der Waals surface area contributed by atoms with Gasteiger partial charge in [0.25, 0.3) is 0 Å². The highest BCUT2D eigenvalue weighted by molar-refractivity contribution is 5.88. The molecule has 2 amide bonds. The Morgan fingerprint density at radius 2 is 1.73 bits per heavy atom. The van der Waals surface area contributed by atoms with Gasteiger partial charge in [-0.1, -0.05) is 55.5 Å². The molecular weight excluding hydrogens is 424 g/mol. The second-order valence-electron chi connectivity index (χ2n) is 8.73. The number of amides is 2. The lowest BCUT2D eigenvalue weighted by Gasteiger charge is -2.30. The lowest BCUT2D eigenvalue weighted by molar-refractivity contribution is -0.144. The second kappa shape index (κ2) is 9.23. The molecule has 2 unspecified atom stereocenters. The number of ether oxygens (including phenoxy) is 2. The number of carboxylic acid groups (broad SMARTS) is 1. The first-order chi connectivity index (χ1) is 15.8. The van der Waals surface area contributed by atoms with Gasteiger partial charge in [0.15, 0.2) is 0 Å². The summed E-state index contributed by atoms with van der Waals surface area (Å²) in [7, 11) is 0. The van der Waals surface area contributed by atoms with Gasteiger partial charge in [-0.25, -0.2) is 9.59 Å². The predicted octanol–water partition coefficient (Wildman–Crippen LogP) is 2.91. The quantitative estimate of drug-likeness (QED) is 0.595. The zero-order valence-corrected chi connectivity index (χ0v) is 18.7. The van der Waals surface area contributed by atoms with E-state index in [1.807, 2.05) is 36.4 Å². The number of hydrogen-bond acceptors (Lipinski definition) is 5. The van der Waals surface area contributed by atoms with E-state index in [0.717, 1.165) is 22.3 Å². The number of fused-ring (bicyclic) bond motifs is 3. The second-order valence-corrected chi connectivity index (χ2v) is 8.73. The molecule has 1 saturated heterocycles. The molecule has 1 aliphatic heterocycles. The number of carbonyl (C=O) groups is 3. The summed E-state index contributed by atoms with van der Waals surface area (Å²) in [5.41, 5.74) is 3.39. The van der Waals surface area contributed by atoms with Crippen molar-refractivity contribution in [2.24, 2.45) is 5.41 Å². The first kappa shape index (κ1) is 22.8. The first-order valence-electron chi connectivity index (χ1n) is 11.1. The molecule has 174 valence electrons. The third-order valence-corrected chi connectivity index (χ3v) is 6.62. The Hall–Kier alpha value is -3.39. The van der Waals surface area contributed by atoms with Gasteiger partial charge in [-0.3, -0.25) is 4.79 Å². The predicted molar refractivity (Wildman–Crippen MR) is 121 cm³/mol. The SMILES string of the molecule is CC[C@@H](NC(=O)C1(C)COCC1NC(=O)OCC1c2ccccc2-c2ccccc21)C(=O)O. The third-order valence-electron chi connectivity index (χ3n) is 6.62. The van der Waals surface area contributed by atoms with Crippen LogP contribution in [0.25, 0.3) is 11.1 Å². The highest BCUT2D eigenvalue weighted by Crippen LogP contribution is 2.44. The van der Waals surface area contributed by atoms with Gasteiger partial charge in [0.05, 0.1) is 24.7 Å². The zero-order valence-electron chi connectivity index (χ0n) is 18.7. The van der Waals surface area contributed by atoms with Crippen LogP contribution < -0.4 is 10.6 Å². The molecule has 0 radical (unpaired) electrons. The molecule has 1 heterocycles. The molecule has 3 N–H and O–H groups in total. The summed E-state index contributed by atoms with van der Waals surface area (Å²) < 4.78 is 11.0.